The molecule has 2 atom stereocenters. The first-order chi connectivity index (χ1) is 10.2. The van der Waals surface area contributed by atoms with Crippen LogP contribution >= 0.6 is 0 Å². The van der Waals surface area contributed by atoms with Gasteiger partial charge in [0.2, 0.25) is 0 Å². The number of rotatable bonds is 6. The molecule has 0 fully saturated rings. The third-order valence-electron chi connectivity index (χ3n) is 3.59. The number of hydrogen-bond donors (Lipinski definition) is 1. The maximum Gasteiger partial charge on any atom is 0.161 e. The van der Waals surface area contributed by atoms with Gasteiger partial charge in [-0.1, -0.05) is 12.1 Å². The van der Waals surface area contributed by atoms with Gasteiger partial charge in [0.15, 0.2) is 11.5 Å². The van der Waals surface area contributed by atoms with E-state index in [1.807, 2.05) is 24.4 Å². The van der Waals surface area contributed by atoms with Crippen LogP contribution in [0.5, 0.6) is 11.5 Å². The van der Waals surface area contributed by atoms with Crippen LogP contribution < -0.4 is 14.8 Å². The van der Waals surface area contributed by atoms with E-state index >= 15 is 0 Å². The van der Waals surface area contributed by atoms with Gasteiger partial charge in [0.1, 0.15) is 0 Å². The molecule has 2 aromatic rings. The fourth-order valence-electron chi connectivity index (χ4n) is 2.32. The molecule has 0 aliphatic rings. The van der Waals surface area contributed by atoms with Crippen molar-refractivity contribution in [3.05, 3.63) is 53.9 Å². The third-order valence-corrected chi connectivity index (χ3v) is 3.59. The van der Waals surface area contributed by atoms with Crippen molar-refractivity contribution in [3.8, 4) is 11.5 Å². The molecule has 0 saturated carbocycles. The lowest BCUT2D eigenvalue weighted by Gasteiger charge is -2.21. The molecule has 4 nitrogen and oxygen atoms in total. The molecule has 0 aliphatic heterocycles. The van der Waals surface area contributed by atoms with Gasteiger partial charge in [-0.2, -0.15) is 0 Å². The Morgan fingerprint density at radius 2 is 1.67 bits per heavy atom. The molecule has 4 heteroatoms. The molecule has 1 unspecified atom stereocenters. The summed E-state index contributed by atoms with van der Waals surface area (Å²) in [5.74, 6) is 1.49. The molecule has 0 saturated heterocycles. The molecule has 0 spiro atoms. The molecule has 0 radical (unpaired) electrons. The lowest BCUT2D eigenvalue weighted by Crippen LogP contribution is -2.22. The fourth-order valence-corrected chi connectivity index (χ4v) is 2.32. The Hall–Kier alpha value is -2.07. The van der Waals surface area contributed by atoms with Crippen LogP contribution in [0.15, 0.2) is 42.7 Å². The molecular weight excluding hydrogens is 264 g/mol. The highest BCUT2D eigenvalue weighted by Gasteiger charge is 2.13. The average molecular weight is 286 g/mol. The van der Waals surface area contributed by atoms with E-state index in [0.717, 1.165) is 17.1 Å². The monoisotopic (exact) mass is 286 g/mol. The van der Waals surface area contributed by atoms with Gasteiger partial charge in [0.25, 0.3) is 0 Å². The topological polar surface area (TPSA) is 43.4 Å². The zero-order valence-corrected chi connectivity index (χ0v) is 13.0. The van der Waals surface area contributed by atoms with Crippen molar-refractivity contribution in [1.29, 1.82) is 0 Å². The van der Waals surface area contributed by atoms with E-state index in [1.165, 1.54) is 5.56 Å². The number of ether oxygens (including phenoxy) is 2. The largest absolute Gasteiger partial charge is 0.493 e. The number of aromatic nitrogens is 1. The normalized spacial score (nSPS) is 13.5. The highest BCUT2D eigenvalue weighted by atomic mass is 16.5. The maximum atomic E-state index is 5.35. The average Bonchev–Trinajstić information content (AvgIpc) is 2.54. The van der Waals surface area contributed by atoms with Crippen molar-refractivity contribution in [2.24, 2.45) is 0 Å². The van der Waals surface area contributed by atoms with E-state index in [2.05, 4.69) is 36.3 Å². The lowest BCUT2D eigenvalue weighted by molar-refractivity contribution is 0.353. The lowest BCUT2D eigenvalue weighted by atomic mass is 10.0. The summed E-state index contributed by atoms with van der Waals surface area (Å²) in [6.07, 6.45) is 3.67. The molecule has 0 aliphatic carbocycles. The summed E-state index contributed by atoms with van der Waals surface area (Å²) >= 11 is 0. The van der Waals surface area contributed by atoms with Crippen molar-refractivity contribution in [2.75, 3.05) is 14.2 Å². The first kappa shape index (κ1) is 15.3. The second-order valence-corrected chi connectivity index (χ2v) is 5.01. The van der Waals surface area contributed by atoms with Gasteiger partial charge >= 0.3 is 0 Å². The van der Waals surface area contributed by atoms with E-state index in [9.17, 15) is 0 Å². The number of benzene rings is 1. The Morgan fingerprint density at radius 1 is 0.952 bits per heavy atom. The van der Waals surface area contributed by atoms with E-state index in [-0.39, 0.29) is 12.1 Å². The minimum atomic E-state index is 0.194. The van der Waals surface area contributed by atoms with Crippen LogP contribution in [-0.4, -0.2) is 19.2 Å². The van der Waals surface area contributed by atoms with E-state index in [0.29, 0.717) is 0 Å². The Balaban J connectivity index is 2.11. The summed E-state index contributed by atoms with van der Waals surface area (Å²) in [7, 11) is 3.29. The molecule has 1 aromatic carbocycles. The zero-order valence-electron chi connectivity index (χ0n) is 13.0. The Bertz CT molecular complexity index is 572. The van der Waals surface area contributed by atoms with E-state index in [1.54, 1.807) is 20.4 Å². The van der Waals surface area contributed by atoms with E-state index < -0.39 is 0 Å². The van der Waals surface area contributed by atoms with Crippen molar-refractivity contribution in [2.45, 2.75) is 25.9 Å². The van der Waals surface area contributed by atoms with Crippen LogP contribution in [0, 0.1) is 0 Å². The fraction of sp³-hybridized carbons (Fsp3) is 0.353. The molecule has 1 aromatic heterocycles. The van der Waals surface area contributed by atoms with Gasteiger partial charge < -0.3 is 14.8 Å². The van der Waals surface area contributed by atoms with Crippen LogP contribution in [0.4, 0.5) is 0 Å². The first-order valence-corrected chi connectivity index (χ1v) is 7.03. The molecule has 112 valence electrons. The van der Waals surface area contributed by atoms with Crippen molar-refractivity contribution in [1.82, 2.24) is 10.3 Å². The van der Waals surface area contributed by atoms with Crippen LogP contribution in [0.1, 0.15) is 37.1 Å². The van der Waals surface area contributed by atoms with Gasteiger partial charge in [-0.05, 0) is 43.2 Å². The highest BCUT2D eigenvalue weighted by molar-refractivity contribution is 5.43. The number of nitrogens with zero attached hydrogens (tertiary/aromatic N) is 1. The molecule has 0 amide bonds. The maximum absolute atomic E-state index is 5.35. The van der Waals surface area contributed by atoms with Gasteiger partial charge in [-0.3, -0.25) is 4.98 Å². The molecule has 1 N–H and O–H groups in total. The predicted octanol–water partition coefficient (Wildman–Crippen LogP) is 3.51. The van der Waals surface area contributed by atoms with Crippen molar-refractivity contribution in [3.63, 3.8) is 0 Å². The first-order valence-electron chi connectivity index (χ1n) is 7.03. The summed E-state index contributed by atoms with van der Waals surface area (Å²) in [5.41, 5.74) is 2.33. The molecule has 2 rings (SSSR count). The molecule has 0 bridgehead atoms. The summed E-state index contributed by atoms with van der Waals surface area (Å²) in [5, 5.41) is 3.56. The minimum Gasteiger partial charge on any atom is -0.493 e. The Kier molecular flexibility index (Phi) is 5.17. The van der Waals surface area contributed by atoms with Gasteiger partial charge in [-0.15, -0.1) is 0 Å². The smallest absolute Gasteiger partial charge is 0.161 e. The van der Waals surface area contributed by atoms with E-state index in [4.69, 9.17) is 9.47 Å². The predicted molar refractivity (Wildman–Crippen MR) is 83.7 cm³/mol. The van der Waals surface area contributed by atoms with Crippen molar-refractivity contribution < 1.29 is 9.47 Å². The second-order valence-electron chi connectivity index (χ2n) is 5.01. The van der Waals surface area contributed by atoms with Crippen molar-refractivity contribution >= 4 is 0 Å². The summed E-state index contributed by atoms with van der Waals surface area (Å²) in [4.78, 5) is 4.16. The summed E-state index contributed by atoms with van der Waals surface area (Å²) in [6, 6.07) is 10.4. The molecule has 21 heavy (non-hydrogen) atoms. The number of pyridine rings is 1. The quantitative estimate of drug-likeness (QED) is 0.882. The summed E-state index contributed by atoms with van der Waals surface area (Å²) < 4.78 is 10.6. The SMILES string of the molecule is COc1ccc(C(C)N[C@@H](C)c2cccnc2)cc1OC. The van der Waals surface area contributed by atoms with Crippen LogP contribution in [-0.2, 0) is 0 Å². The number of nitrogens with one attached hydrogen (secondary N) is 1. The summed E-state index contributed by atoms with van der Waals surface area (Å²) in [6.45, 7) is 4.27. The standard InChI is InChI=1S/C17H22N2O2/c1-12(19-13(2)15-6-5-9-18-11-15)14-7-8-16(20-3)17(10-14)21-4/h5-13,19H,1-4H3/t12?,13-/m0/s1. The highest BCUT2D eigenvalue weighted by Crippen LogP contribution is 2.30. The Morgan fingerprint density at radius 3 is 2.29 bits per heavy atom. The second kappa shape index (κ2) is 7.09. The van der Waals surface area contributed by atoms with Crippen LogP contribution in [0.25, 0.3) is 0 Å². The Labute approximate surface area is 126 Å². The molecule has 1 heterocycles. The van der Waals surface area contributed by atoms with Gasteiger partial charge in [0.05, 0.1) is 14.2 Å². The minimum absolute atomic E-state index is 0.194. The van der Waals surface area contributed by atoms with Gasteiger partial charge in [-0.25, -0.2) is 0 Å². The van der Waals surface area contributed by atoms with Crippen LogP contribution in [0.3, 0.4) is 0 Å². The zero-order chi connectivity index (χ0) is 15.2. The molecular formula is C17H22N2O2. The van der Waals surface area contributed by atoms with Gasteiger partial charge in [0, 0.05) is 24.5 Å². The number of methoxy groups -OCH3 is 2. The van der Waals surface area contributed by atoms with Crippen LogP contribution in [0.2, 0.25) is 0 Å². The third kappa shape index (κ3) is 3.73. The number of hydrogen-bond acceptors (Lipinski definition) is 4.